The molecule has 2 aliphatic rings. The third-order valence-corrected chi connectivity index (χ3v) is 3.89. The Labute approximate surface area is 116 Å². The third-order valence-electron chi connectivity index (χ3n) is 3.89. The normalized spacial score (nSPS) is 30.4. The fraction of sp³-hybridized carbons (Fsp3) is 0.333. The van der Waals surface area contributed by atoms with Crippen LogP contribution in [0.4, 0.5) is 5.69 Å². The van der Waals surface area contributed by atoms with Crippen molar-refractivity contribution >= 4 is 17.6 Å². The molecule has 1 aromatic carbocycles. The molecule has 1 aromatic rings. The number of carbonyl (C=O) groups is 2. The summed E-state index contributed by atoms with van der Waals surface area (Å²) in [5.74, 6) is -2.79. The second-order valence-corrected chi connectivity index (χ2v) is 5.14. The van der Waals surface area contributed by atoms with E-state index in [1.54, 1.807) is 18.2 Å². The molecule has 5 heteroatoms. The second-order valence-electron chi connectivity index (χ2n) is 5.14. The van der Waals surface area contributed by atoms with Gasteiger partial charge in [0.1, 0.15) is 5.92 Å². The van der Waals surface area contributed by atoms with Gasteiger partial charge in [0.2, 0.25) is 5.91 Å². The molecule has 4 atom stereocenters. The minimum atomic E-state index is -0.994. The summed E-state index contributed by atoms with van der Waals surface area (Å²) < 4.78 is 5.50. The van der Waals surface area contributed by atoms with Crippen molar-refractivity contribution in [2.45, 2.75) is 19.1 Å². The quantitative estimate of drug-likeness (QED) is 0.820. The molecule has 20 heavy (non-hydrogen) atoms. The van der Waals surface area contributed by atoms with Crippen LogP contribution in [-0.2, 0) is 14.3 Å². The van der Waals surface area contributed by atoms with Gasteiger partial charge in [-0.25, -0.2) is 0 Å². The van der Waals surface area contributed by atoms with E-state index in [0.29, 0.717) is 5.69 Å². The van der Waals surface area contributed by atoms with Crippen LogP contribution in [0.2, 0.25) is 0 Å². The lowest BCUT2D eigenvalue weighted by Gasteiger charge is -2.21. The van der Waals surface area contributed by atoms with Crippen molar-refractivity contribution in [1.82, 2.24) is 0 Å². The highest BCUT2D eigenvalue weighted by atomic mass is 16.5. The van der Waals surface area contributed by atoms with E-state index in [2.05, 4.69) is 5.32 Å². The van der Waals surface area contributed by atoms with Gasteiger partial charge in [-0.3, -0.25) is 9.59 Å². The molecule has 5 nitrogen and oxygen atoms in total. The van der Waals surface area contributed by atoms with Gasteiger partial charge in [-0.15, -0.1) is 0 Å². The predicted molar refractivity (Wildman–Crippen MR) is 72.2 cm³/mol. The Morgan fingerprint density at radius 3 is 2.45 bits per heavy atom. The molecule has 2 bridgehead atoms. The van der Waals surface area contributed by atoms with Crippen molar-refractivity contribution in [2.24, 2.45) is 11.8 Å². The van der Waals surface area contributed by atoms with Crippen LogP contribution in [0.1, 0.15) is 5.56 Å². The summed E-state index contributed by atoms with van der Waals surface area (Å²) in [4.78, 5) is 23.7. The van der Waals surface area contributed by atoms with E-state index in [4.69, 9.17) is 4.74 Å². The van der Waals surface area contributed by atoms with E-state index in [9.17, 15) is 14.7 Å². The van der Waals surface area contributed by atoms with Crippen molar-refractivity contribution in [1.29, 1.82) is 0 Å². The Morgan fingerprint density at radius 1 is 1.15 bits per heavy atom. The summed E-state index contributed by atoms with van der Waals surface area (Å²) >= 11 is 0. The Bertz CT molecular complexity index is 595. The fourth-order valence-electron chi connectivity index (χ4n) is 2.84. The number of amides is 1. The van der Waals surface area contributed by atoms with Gasteiger partial charge in [-0.2, -0.15) is 0 Å². The van der Waals surface area contributed by atoms with Crippen LogP contribution >= 0.6 is 0 Å². The maximum absolute atomic E-state index is 12.4. The van der Waals surface area contributed by atoms with Gasteiger partial charge >= 0.3 is 5.97 Å². The number of aliphatic carboxylic acids is 1. The largest absolute Gasteiger partial charge is 0.481 e. The van der Waals surface area contributed by atoms with Crippen molar-refractivity contribution in [3.8, 4) is 0 Å². The van der Waals surface area contributed by atoms with E-state index in [-0.39, 0.29) is 5.91 Å². The van der Waals surface area contributed by atoms with Crippen LogP contribution in [0, 0.1) is 18.8 Å². The standard InChI is InChI=1S/C15H15NO4/c1-8-4-2-3-5-9(8)16-14(17)12-10-6-7-11(20-10)13(12)15(18)19/h2-7,10-13H,1H3,(H,16,17)(H,18,19)/t10-,11+,12-,13-/m0/s1. The minimum Gasteiger partial charge on any atom is -0.481 e. The number of carboxylic acid groups (broad SMARTS) is 1. The van der Waals surface area contributed by atoms with Crippen LogP contribution in [-0.4, -0.2) is 29.2 Å². The molecule has 0 saturated carbocycles. The number of carbonyl (C=O) groups excluding carboxylic acids is 1. The van der Waals surface area contributed by atoms with Crippen LogP contribution in [0.25, 0.3) is 0 Å². The number of hydrogen-bond acceptors (Lipinski definition) is 3. The number of para-hydroxylation sites is 1. The fourth-order valence-corrected chi connectivity index (χ4v) is 2.84. The molecule has 0 aromatic heterocycles. The molecular formula is C15H15NO4. The van der Waals surface area contributed by atoms with Crippen molar-refractivity contribution in [3.63, 3.8) is 0 Å². The number of carboxylic acids is 1. The van der Waals surface area contributed by atoms with E-state index in [1.807, 2.05) is 25.1 Å². The molecule has 1 saturated heterocycles. The molecule has 2 N–H and O–H groups in total. The maximum Gasteiger partial charge on any atom is 0.310 e. The number of hydrogen-bond donors (Lipinski definition) is 2. The van der Waals surface area contributed by atoms with Crippen LogP contribution < -0.4 is 5.32 Å². The first-order chi connectivity index (χ1) is 9.58. The zero-order valence-corrected chi connectivity index (χ0v) is 10.9. The lowest BCUT2D eigenvalue weighted by Crippen LogP contribution is -2.39. The van der Waals surface area contributed by atoms with E-state index < -0.39 is 30.0 Å². The predicted octanol–water partition coefficient (Wildman–Crippen LogP) is 1.59. The zero-order chi connectivity index (χ0) is 14.3. The summed E-state index contributed by atoms with van der Waals surface area (Å²) in [6.07, 6.45) is 2.56. The highest BCUT2D eigenvalue weighted by Crippen LogP contribution is 2.39. The number of rotatable bonds is 3. The number of benzene rings is 1. The molecule has 104 valence electrons. The molecule has 0 aliphatic carbocycles. The Kier molecular flexibility index (Phi) is 3.06. The average molecular weight is 273 g/mol. The van der Waals surface area contributed by atoms with Crippen molar-refractivity contribution < 1.29 is 19.4 Å². The van der Waals surface area contributed by atoms with Gasteiger partial charge in [0, 0.05) is 5.69 Å². The van der Waals surface area contributed by atoms with Gasteiger partial charge in [-0.05, 0) is 18.6 Å². The molecular weight excluding hydrogens is 258 g/mol. The van der Waals surface area contributed by atoms with Gasteiger partial charge in [-0.1, -0.05) is 30.4 Å². The van der Waals surface area contributed by atoms with Crippen LogP contribution in [0.5, 0.6) is 0 Å². The first-order valence-electron chi connectivity index (χ1n) is 6.51. The van der Waals surface area contributed by atoms with Crippen LogP contribution in [0.3, 0.4) is 0 Å². The lowest BCUT2D eigenvalue weighted by molar-refractivity contribution is -0.145. The maximum atomic E-state index is 12.4. The molecule has 1 amide bonds. The topological polar surface area (TPSA) is 75.6 Å². The number of ether oxygens (including phenoxy) is 1. The van der Waals surface area contributed by atoms with Gasteiger partial charge in [0.15, 0.2) is 0 Å². The Morgan fingerprint density at radius 2 is 1.80 bits per heavy atom. The third kappa shape index (κ3) is 2.00. The van der Waals surface area contributed by atoms with Gasteiger partial charge in [0.05, 0.1) is 18.1 Å². The van der Waals surface area contributed by atoms with E-state index >= 15 is 0 Å². The average Bonchev–Trinajstić information content (AvgIpc) is 3.01. The zero-order valence-electron chi connectivity index (χ0n) is 10.9. The van der Waals surface area contributed by atoms with E-state index in [0.717, 1.165) is 5.56 Å². The first-order valence-corrected chi connectivity index (χ1v) is 6.51. The van der Waals surface area contributed by atoms with E-state index in [1.165, 1.54) is 0 Å². The Hall–Kier alpha value is -2.14. The van der Waals surface area contributed by atoms with Crippen molar-refractivity contribution in [3.05, 3.63) is 42.0 Å². The molecule has 3 rings (SSSR count). The monoisotopic (exact) mass is 273 g/mol. The number of anilines is 1. The summed E-state index contributed by atoms with van der Waals surface area (Å²) in [5.41, 5.74) is 1.64. The molecule has 0 unspecified atom stereocenters. The smallest absolute Gasteiger partial charge is 0.310 e. The first kappa shape index (κ1) is 12.9. The summed E-state index contributed by atoms with van der Waals surface area (Å²) in [5, 5.41) is 12.1. The number of fused-ring (bicyclic) bond motifs is 2. The Balaban J connectivity index is 1.82. The second kappa shape index (κ2) is 4.76. The summed E-state index contributed by atoms with van der Waals surface area (Å²) in [6, 6.07) is 7.40. The highest BCUT2D eigenvalue weighted by Gasteiger charge is 2.53. The SMILES string of the molecule is Cc1ccccc1NC(=O)[C@@H]1[C@@H](C(=O)O)[C@H]2C=C[C@@H]1O2. The highest BCUT2D eigenvalue weighted by molar-refractivity contribution is 5.97. The lowest BCUT2D eigenvalue weighted by atomic mass is 9.82. The molecule has 2 aliphatic heterocycles. The van der Waals surface area contributed by atoms with Crippen LogP contribution in [0.15, 0.2) is 36.4 Å². The number of aryl methyl sites for hydroxylation is 1. The molecule has 0 spiro atoms. The molecule has 1 fully saturated rings. The summed E-state index contributed by atoms with van der Waals surface area (Å²) in [6.45, 7) is 1.89. The minimum absolute atomic E-state index is 0.302. The molecule has 0 radical (unpaired) electrons. The van der Waals surface area contributed by atoms with Gasteiger partial charge in [0.25, 0.3) is 0 Å². The van der Waals surface area contributed by atoms with Crippen molar-refractivity contribution in [2.75, 3.05) is 5.32 Å². The molecule has 2 heterocycles. The summed E-state index contributed by atoms with van der Waals surface area (Å²) in [7, 11) is 0. The number of nitrogens with one attached hydrogen (secondary N) is 1. The van der Waals surface area contributed by atoms with Gasteiger partial charge < -0.3 is 15.2 Å².